The molecule has 2 aromatic rings. The molecule has 1 N–H and O–H groups in total. The number of hydrogen-bond donors (Lipinski definition) is 1. The third-order valence-electron chi connectivity index (χ3n) is 7.85. The van der Waals surface area contributed by atoms with Gasteiger partial charge in [-0.05, 0) is 50.8 Å². The van der Waals surface area contributed by atoms with Gasteiger partial charge in [-0.1, -0.05) is 13.8 Å². The molecular formula is C26H27BrN4O2. The quantitative estimate of drug-likeness (QED) is 0.665. The van der Waals surface area contributed by atoms with Gasteiger partial charge < -0.3 is 14.6 Å². The molecule has 33 heavy (non-hydrogen) atoms. The molecule has 6 nitrogen and oxygen atoms in total. The number of rotatable bonds is 2. The molecule has 0 saturated carbocycles. The first-order valence-corrected chi connectivity index (χ1v) is 12.4. The zero-order valence-corrected chi connectivity index (χ0v) is 20.6. The van der Waals surface area contributed by atoms with Gasteiger partial charge in [0.15, 0.2) is 5.78 Å². The molecule has 0 unspecified atom stereocenters. The van der Waals surface area contributed by atoms with E-state index in [1.54, 1.807) is 0 Å². The van der Waals surface area contributed by atoms with E-state index >= 15 is 0 Å². The first-order chi connectivity index (χ1) is 15.9. The van der Waals surface area contributed by atoms with Crippen LogP contribution in [0.3, 0.4) is 0 Å². The average Bonchev–Trinajstić information content (AvgIpc) is 3.13. The maximum Gasteiger partial charge on any atom is 0.170 e. The third-order valence-corrected chi connectivity index (χ3v) is 8.49. The number of aromatic amines is 1. The van der Waals surface area contributed by atoms with E-state index in [1.807, 2.05) is 6.08 Å². The van der Waals surface area contributed by atoms with Crippen LogP contribution < -0.4 is 4.90 Å². The number of carbonyl (C=O) groups excluding carboxylic acids is 1. The van der Waals surface area contributed by atoms with Gasteiger partial charge in [0.2, 0.25) is 0 Å². The second-order valence-electron chi connectivity index (χ2n) is 10.1. The second-order valence-corrected chi connectivity index (χ2v) is 11.0. The molecule has 0 radical (unpaired) electrons. The highest BCUT2D eigenvalue weighted by Gasteiger charge is 2.39. The van der Waals surface area contributed by atoms with Crippen LogP contribution >= 0.6 is 15.9 Å². The zero-order valence-electron chi connectivity index (χ0n) is 19.0. The van der Waals surface area contributed by atoms with Crippen LogP contribution in [0.15, 0.2) is 22.2 Å². The Bertz CT molecular complexity index is 1240. The van der Waals surface area contributed by atoms with Gasteiger partial charge in [-0.3, -0.25) is 9.69 Å². The summed E-state index contributed by atoms with van der Waals surface area (Å²) in [5, 5.41) is 9.33. The maximum atomic E-state index is 12.9. The Balaban J connectivity index is 1.35. The van der Waals surface area contributed by atoms with Gasteiger partial charge in [-0.2, -0.15) is 5.26 Å². The molecule has 2 fully saturated rings. The van der Waals surface area contributed by atoms with Crippen molar-refractivity contribution in [2.45, 2.75) is 38.1 Å². The number of aromatic nitrogens is 1. The van der Waals surface area contributed by atoms with E-state index in [1.165, 1.54) is 16.8 Å². The molecule has 4 aliphatic rings. The van der Waals surface area contributed by atoms with Gasteiger partial charge in [0, 0.05) is 65.7 Å². The lowest BCUT2D eigenvalue weighted by Gasteiger charge is -2.44. The number of fused-ring (bicyclic) bond motifs is 4. The van der Waals surface area contributed by atoms with Gasteiger partial charge in [0.05, 0.1) is 36.7 Å². The highest BCUT2D eigenvalue weighted by Crippen LogP contribution is 2.47. The summed E-state index contributed by atoms with van der Waals surface area (Å²) in [5.41, 5.74) is 7.85. The predicted octanol–water partition coefficient (Wildman–Crippen LogP) is 4.02. The number of piperazine rings is 1. The molecule has 3 heterocycles. The molecule has 170 valence electrons. The Labute approximate surface area is 202 Å². The lowest BCUT2D eigenvalue weighted by atomic mass is 9.71. The van der Waals surface area contributed by atoms with Crippen LogP contribution in [0.1, 0.15) is 58.7 Å². The summed E-state index contributed by atoms with van der Waals surface area (Å²) in [4.78, 5) is 21.5. The monoisotopic (exact) mass is 506 g/mol. The number of nitriles is 1. The molecule has 2 aliphatic heterocycles. The number of nitrogens with one attached hydrogen (secondary N) is 1. The summed E-state index contributed by atoms with van der Waals surface area (Å²) in [6.07, 6.45) is 2.78. The van der Waals surface area contributed by atoms with Gasteiger partial charge in [0.1, 0.15) is 0 Å². The van der Waals surface area contributed by atoms with Crippen LogP contribution in [-0.2, 0) is 16.6 Å². The van der Waals surface area contributed by atoms with Crippen molar-refractivity contribution < 1.29 is 9.53 Å². The number of nitrogens with zero attached hydrogens (tertiary/aromatic N) is 3. The summed E-state index contributed by atoms with van der Waals surface area (Å²) in [6, 6.07) is 7.36. The van der Waals surface area contributed by atoms with Crippen molar-refractivity contribution in [3.05, 3.63) is 55.8 Å². The minimum Gasteiger partial charge on any atom is -0.378 e. The van der Waals surface area contributed by atoms with E-state index < -0.39 is 0 Å². The molecule has 1 aromatic carbocycles. The van der Waals surface area contributed by atoms with Crippen LogP contribution in [0.5, 0.6) is 0 Å². The topological polar surface area (TPSA) is 72.4 Å². The van der Waals surface area contributed by atoms with E-state index in [-0.39, 0.29) is 17.6 Å². The number of H-pyrrole nitrogens is 1. The molecule has 0 amide bonds. The summed E-state index contributed by atoms with van der Waals surface area (Å²) >= 11 is 3.86. The number of benzene rings is 1. The summed E-state index contributed by atoms with van der Waals surface area (Å²) in [5.74, 6) is 0.0474. The number of anilines is 1. The number of allylic oxidation sites excluding steroid dienone is 1. The lowest BCUT2D eigenvalue weighted by molar-refractivity contribution is -0.0660. The van der Waals surface area contributed by atoms with Crippen molar-refractivity contribution in [1.29, 1.82) is 5.26 Å². The van der Waals surface area contributed by atoms with Gasteiger partial charge in [-0.15, -0.1) is 0 Å². The molecule has 0 atom stereocenters. The van der Waals surface area contributed by atoms with Crippen LogP contribution in [-0.4, -0.2) is 61.1 Å². The fraction of sp³-hybridized carbons (Fsp3) is 0.462. The molecule has 2 saturated heterocycles. The fourth-order valence-corrected chi connectivity index (χ4v) is 6.56. The Morgan fingerprint density at radius 1 is 1.18 bits per heavy atom. The largest absolute Gasteiger partial charge is 0.378 e. The van der Waals surface area contributed by atoms with E-state index in [4.69, 9.17) is 4.74 Å². The molecule has 2 aliphatic carbocycles. The molecular weight excluding hydrogens is 480 g/mol. The van der Waals surface area contributed by atoms with Crippen LogP contribution in [0.4, 0.5) is 5.69 Å². The average molecular weight is 507 g/mol. The van der Waals surface area contributed by atoms with Crippen molar-refractivity contribution in [2.75, 3.05) is 44.3 Å². The molecule has 1 aromatic heterocycles. The predicted molar refractivity (Wildman–Crippen MR) is 131 cm³/mol. The van der Waals surface area contributed by atoms with Crippen molar-refractivity contribution in [2.24, 2.45) is 0 Å². The summed E-state index contributed by atoms with van der Waals surface area (Å²) in [7, 11) is 0. The van der Waals surface area contributed by atoms with E-state index in [2.05, 4.69) is 62.8 Å². The van der Waals surface area contributed by atoms with Crippen LogP contribution in [0.25, 0.3) is 6.08 Å². The Morgan fingerprint density at radius 3 is 2.61 bits per heavy atom. The molecule has 0 bridgehead atoms. The molecule has 7 heteroatoms. The standard InChI is InChI=1S/C26H27BrN4O2/c1-26(2)19-11-22(31-5-3-30(4-6-31)17-13-33-14-17)20(27)10-16(19)9-18-24-21(29-25(18)26)7-15(12-28)8-23(24)32/h7,10-11,17,29H,3-6,8-9,13-14H2,1-2H3. The number of halogens is 1. The number of ketones is 1. The summed E-state index contributed by atoms with van der Waals surface area (Å²) in [6.45, 7) is 10.3. The number of carbonyl (C=O) groups is 1. The van der Waals surface area contributed by atoms with Crippen molar-refractivity contribution in [3.63, 3.8) is 0 Å². The first-order valence-electron chi connectivity index (χ1n) is 11.7. The Kier molecular flexibility index (Phi) is 4.84. The van der Waals surface area contributed by atoms with E-state index in [9.17, 15) is 10.1 Å². The minimum absolute atomic E-state index is 0.0474. The van der Waals surface area contributed by atoms with E-state index in [0.29, 0.717) is 11.6 Å². The number of hydrogen-bond acceptors (Lipinski definition) is 5. The Morgan fingerprint density at radius 2 is 1.94 bits per heavy atom. The third kappa shape index (κ3) is 3.23. The fourth-order valence-electron chi connectivity index (χ4n) is 5.92. The van der Waals surface area contributed by atoms with Crippen molar-refractivity contribution in [1.82, 2.24) is 9.88 Å². The van der Waals surface area contributed by atoms with Gasteiger partial charge >= 0.3 is 0 Å². The van der Waals surface area contributed by atoms with Crippen molar-refractivity contribution in [3.8, 4) is 6.07 Å². The minimum atomic E-state index is -0.262. The number of ether oxygens (including phenoxy) is 1. The lowest BCUT2D eigenvalue weighted by Crippen LogP contribution is -2.56. The molecule has 0 spiro atoms. The normalized spacial score (nSPS) is 22.1. The number of Topliss-reactive ketones (excluding diaryl/α,β-unsaturated/α-hetero) is 1. The Hall–Kier alpha value is -2.40. The smallest absolute Gasteiger partial charge is 0.170 e. The van der Waals surface area contributed by atoms with Gasteiger partial charge in [-0.25, -0.2) is 0 Å². The zero-order chi connectivity index (χ0) is 22.9. The maximum absolute atomic E-state index is 12.9. The van der Waals surface area contributed by atoms with Crippen LogP contribution in [0.2, 0.25) is 0 Å². The SMILES string of the molecule is CC1(C)c2cc(N3CCN(C4COC4)CC3)c(Br)cc2Cc2c1[nH]c1c2C(=O)CC(C#N)=C1. The van der Waals surface area contributed by atoms with Crippen molar-refractivity contribution >= 4 is 33.5 Å². The van der Waals surface area contributed by atoms with E-state index in [0.717, 1.165) is 72.8 Å². The first kappa shape index (κ1) is 21.2. The highest BCUT2D eigenvalue weighted by molar-refractivity contribution is 9.10. The van der Waals surface area contributed by atoms with Gasteiger partial charge in [0.25, 0.3) is 0 Å². The highest BCUT2D eigenvalue weighted by atomic mass is 79.9. The summed E-state index contributed by atoms with van der Waals surface area (Å²) < 4.78 is 6.49. The molecule has 6 rings (SSSR count). The van der Waals surface area contributed by atoms with Crippen LogP contribution in [0, 0.1) is 11.3 Å². The second kappa shape index (κ2) is 7.56.